The zero-order chi connectivity index (χ0) is 12.5. The number of hydrogen-bond acceptors (Lipinski definition) is 3. The van der Waals surface area contributed by atoms with Crippen molar-refractivity contribution in [2.45, 2.75) is 51.6 Å². The summed E-state index contributed by atoms with van der Waals surface area (Å²) >= 11 is 0. The highest BCUT2D eigenvalue weighted by molar-refractivity contribution is 5.87. The van der Waals surface area contributed by atoms with Crippen LogP contribution >= 0.6 is 0 Å². The highest BCUT2D eigenvalue weighted by Gasteiger charge is 2.42. The number of hydrogen-bond donors (Lipinski definition) is 1. The molecule has 0 radical (unpaired) electrons. The van der Waals surface area contributed by atoms with Crippen molar-refractivity contribution < 1.29 is 4.79 Å². The minimum absolute atomic E-state index is 0.281. The van der Waals surface area contributed by atoms with Gasteiger partial charge in [0.2, 0.25) is 5.91 Å². The molecule has 0 bridgehead atoms. The summed E-state index contributed by atoms with van der Waals surface area (Å²) < 4.78 is 0. The maximum atomic E-state index is 12.3. The molecule has 0 aromatic heterocycles. The number of carbonyl (C=O) groups excluding carboxylic acids is 1. The Labute approximate surface area is 104 Å². The second kappa shape index (κ2) is 4.94. The lowest BCUT2D eigenvalue weighted by Crippen LogP contribution is -2.45. The number of amides is 1. The molecule has 0 saturated carbocycles. The quantitative estimate of drug-likeness (QED) is 0.796. The summed E-state index contributed by atoms with van der Waals surface area (Å²) in [4.78, 5) is 16.8. The van der Waals surface area contributed by atoms with Crippen LogP contribution in [0.4, 0.5) is 0 Å². The first kappa shape index (κ1) is 12.8. The van der Waals surface area contributed by atoms with Gasteiger partial charge < -0.3 is 4.90 Å². The molecule has 0 aromatic carbocycles. The molecule has 1 amide bonds. The van der Waals surface area contributed by atoms with Gasteiger partial charge in [-0.3, -0.25) is 15.0 Å². The molecular formula is C13H25N3O. The van der Waals surface area contributed by atoms with E-state index >= 15 is 0 Å². The molecule has 98 valence electrons. The third-order valence-corrected chi connectivity index (χ3v) is 4.46. The van der Waals surface area contributed by atoms with Crippen LogP contribution in [-0.2, 0) is 4.79 Å². The minimum atomic E-state index is -0.324. The summed E-state index contributed by atoms with van der Waals surface area (Å²) in [5.41, 5.74) is -0.324. The van der Waals surface area contributed by atoms with Gasteiger partial charge in [-0.15, -0.1) is 0 Å². The first-order valence-corrected chi connectivity index (χ1v) is 6.89. The molecule has 2 heterocycles. The number of nitrogens with zero attached hydrogens (tertiary/aromatic N) is 2. The molecule has 2 atom stereocenters. The van der Waals surface area contributed by atoms with E-state index in [1.54, 1.807) is 0 Å². The Bertz CT molecular complexity index is 294. The van der Waals surface area contributed by atoms with Gasteiger partial charge in [-0.1, -0.05) is 13.8 Å². The molecule has 4 nitrogen and oxygen atoms in total. The van der Waals surface area contributed by atoms with Crippen LogP contribution in [0.2, 0.25) is 0 Å². The fourth-order valence-electron chi connectivity index (χ4n) is 2.96. The Morgan fingerprint density at radius 3 is 2.82 bits per heavy atom. The van der Waals surface area contributed by atoms with Crippen molar-refractivity contribution in [1.29, 1.82) is 0 Å². The molecule has 2 aliphatic heterocycles. The second-order valence-corrected chi connectivity index (χ2v) is 5.47. The lowest BCUT2D eigenvalue weighted by molar-refractivity contribution is -0.132. The van der Waals surface area contributed by atoms with Gasteiger partial charge in [0.25, 0.3) is 0 Å². The standard InChI is InChI=1S/C13H25N3O/c1-4-13(3)12(17)16(10-14-13)9-11-7-6-8-15(11)5-2/h11,14H,4-10H2,1-3H3. The molecule has 4 heteroatoms. The van der Waals surface area contributed by atoms with Crippen LogP contribution in [0.1, 0.15) is 40.0 Å². The summed E-state index contributed by atoms with van der Waals surface area (Å²) in [7, 11) is 0. The van der Waals surface area contributed by atoms with E-state index in [2.05, 4.69) is 24.1 Å². The molecule has 2 aliphatic rings. The molecule has 0 aromatic rings. The minimum Gasteiger partial charge on any atom is -0.327 e. The van der Waals surface area contributed by atoms with Crippen LogP contribution in [0.3, 0.4) is 0 Å². The van der Waals surface area contributed by atoms with Crippen molar-refractivity contribution in [2.75, 3.05) is 26.3 Å². The fraction of sp³-hybridized carbons (Fsp3) is 0.923. The van der Waals surface area contributed by atoms with E-state index in [0.717, 1.165) is 26.2 Å². The van der Waals surface area contributed by atoms with E-state index in [4.69, 9.17) is 0 Å². The van der Waals surface area contributed by atoms with Crippen molar-refractivity contribution in [1.82, 2.24) is 15.1 Å². The molecule has 1 N–H and O–H groups in total. The van der Waals surface area contributed by atoms with Crippen LogP contribution in [0.25, 0.3) is 0 Å². The van der Waals surface area contributed by atoms with Crippen LogP contribution < -0.4 is 5.32 Å². The topological polar surface area (TPSA) is 35.6 Å². The number of rotatable bonds is 4. The normalized spacial score (nSPS) is 34.9. The fourth-order valence-corrected chi connectivity index (χ4v) is 2.96. The van der Waals surface area contributed by atoms with Gasteiger partial charge in [0.1, 0.15) is 0 Å². The van der Waals surface area contributed by atoms with E-state index in [0.29, 0.717) is 6.04 Å². The molecule has 2 rings (SSSR count). The molecule has 17 heavy (non-hydrogen) atoms. The Hall–Kier alpha value is -0.610. The molecule has 0 spiro atoms. The van der Waals surface area contributed by atoms with Crippen molar-refractivity contribution in [2.24, 2.45) is 0 Å². The van der Waals surface area contributed by atoms with Crippen LogP contribution in [-0.4, -0.2) is 53.6 Å². The van der Waals surface area contributed by atoms with Crippen molar-refractivity contribution in [3.8, 4) is 0 Å². The highest BCUT2D eigenvalue weighted by atomic mass is 16.2. The molecule has 2 unspecified atom stereocenters. The average Bonchev–Trinajstić information content (AvgIpc) is 2.89. The monoisotopic (exact) mass is 239 g/mol. The zero-order valence-electron chi connectivity index (χ0n) is 11.3. The maximum absolute atomic E-state index is 12.3. The molecular weight excluding hydrogens is 214 g/mol. The van der Waals surface area contributed by atoms with Gasteiger partial charge >= 0.3 is 0 Å². The van der Waals surface area contributed by atoms with Crippen molar-refractivity contribution in [3.63, 3.8) is 0 Å². The van der Waals surface area contributed by atoms with Crippen LogP contribution in [0.15, 0.2) is 0 Å². The Morgan fingerprint density at radius 1 is 1.47 bits per heavy atom. The van der Waals surface area contributed by atoms with E-state index in [-0.39, 0.29) is 11.4 Å². The van der Waals surface area contributed by atoms with E-state index in [1.807, 2.05) is 11.8 Å². The summed E-state index contributed by atoms with van der Waals surface area (Å²) in [5, 5.41) is 3.35. The third kappa shape index (κ3) is 2.33. The van der Waals surface area contributed by atoms with Crippen molar-refractivity contribution >= 4 is 5.91 Å². The van der Waals surface area contributed by atoms with E-state index < -0.39 is 0 Å². The molecule has 2 fully saturated rings. The van der Waals surface area contributed by atoms with Gasteiger partial charge in [-0.25, -0.2) is 0 Å². The molecule has 0 aliphatic carbocycles. The van der Waals surface area contributed by atoms with E-state index in [1.165, 1.54) is 19.4 Å². The predicted octanol–water partition coefficient (Wildman–Crippen LogP) is 1.03. The number of likely N-dealkylation sites (N-methyl/N-ethyl adjacent to an activating group) is 1. The van der Waals surface area contributed by atoms with Crippen molar-refractivity contribution in [3.05, 3.63) is 0 Å². The van der Waals surface area contributed by atoms with Gasteiger partial charge in [0, 0.05) is 12.6 Å². The summed E-state index contributed by atoms with van der Waals surface area (Å²) in [6, 6.07) is 0.574. The average molecular weight is 239 g/mol. The summed E-state index contributed by atoms with van der Waals surface area (Å²) in [5.74, 6) is 0.281. The summed E-state index contributed by atoms with van der Waals surface area (Å²) in [6.45, 7) is 10.2. The first-order valence-electron chi connectivity index (χ1n) is 6.89. The smallest absolute Gasteiger partial charge is 0.243 e. The van der Waals surface area contributed by atoms with E-state index in [9.17, 15) is 4.79 Å². The SMILES string of the molecule is CCN1CCCC1CN1CNC(C)(CC)C1=O. The predicted molar refractivity (Wildman–Crippen MR) is 68.7 cm³/mol. The number of likely N-dealkylation sites (tertiary alicyclic amines) is 1. The van der Waals surface area contributed by atoms with Gasteiger partial charge in [-0.2, -0.15) is 0 Å². The Kier molecular flexibility index (Phi) is 3.73. The largest absolute Gasteiger partial charge is 0.327 e. The number of nitrogens with one attached hydrogen (secondary N) is 1. The Morgan fingerprint density at radius 2 is 2.24 bits per heavy atom. The lowest BCUT2D eigenvalue weighted by atomic mass is 9.99. The highest BCUT2D eigenvalue weighted by Crippen LogP contribution is 2.23. The Balaban J connectivity index is 1.94. The maximum Gasteiger partial charge on any atom is 0.243 e. The third-order valence-electron chi connectivity index (χ3n) is 4.46. The zero-order valence-corrected chi connectivity index (χ0v) is 11.3. The first-order chi connectivity index (χ1) is 8.10. The van der Waals surface area contributed by atoms with Crippen LogP contribution in [0, 0.1) is 0 Å². The lowest BCUT2D eigenvalue weighted by Gasteiger charge is -2.28. The molecule has 2 saturated heterocycles. The van der Waals surface area contributed by atoms with Gasteiger partial charge in [0.05, 0.1) is 12.2 Å². The van der Waals surface area contributed by atoms with Crippen LogP contribution in [0.5, 0.6) is 0 Å². The van der Waals surface area contributed by atoms with Gasteiger partial charge in [-0.05, 0) is 39.3 Å². The number of carbonyl (C=O) groups is 1. The summed E-state index contributed by atoms with van der Waals surface area (Å²) in [6.07, 6.45) is 3.38. The second-order valence-electron chi connectivity index (χ2n) is 5.47. The van der Waals surface area contributed by atoms with Gasteiger partial charge in [0.15, 0.2) is 0 Å².